The van der Waals surface area contributed by atoms with Crippen LogP contribution in [0.1, 0.15) is 101 Å². The first-order valence-electron chi connectivity index (χ1n) is 18.0. The first kappa shape index (κ1) is 33.8. The Morgan fingerprint density at radius 3 is 2.65 bits per heavy atom. The number of amides is 1. The molecular formula is C37H43F3N8O3. The van der Waals surface area contributed by atoms with Crippen molar-refractivity contribution in [1.82, 2.24) is 30.0 Å². The number of nitrogen functional groups attached to an aromatic ring is 1. The van der Waals surface area contributed by atoms with E-state index in [4.69, 9.17) is 25.2 Å². The fourth-order valence-electron chi connectivity index (χ4n) is 8.34. The number of aryl methyl sites for hydroxylation is 1. The lowest BCUT2D eigenvalue weighted by Gasteiger charge is -2.33. The molecule has 1 unspecified atom stereocenters. The topological polar surface area (TPSA) is 124 Å². The van der Waals surface area contributed by atoms with Crippen molar-refractivity contribution in [3.05, 3.63) is 57.0 Å². The summed E-state index contributed by atoms with van der Waals surface area (Å²) in [4.78, 5) is 27.1. The van der Waals surface area contributed by atoms with E-state index in [0.717, 1.165) is 69.3 Å². The van der Waals surface area contributed by atoms with Crippen molar-refractivity contribution in [2.75, 3.05) is 43.9 Å². The molecule has 270 valence electrons. The van der Waals surface area contributed by atoms with E-state index in [1.54, 1.807) is 7.05 Å². The molecule has 3 fully saturated rings. The van der Waals surface area contributed by atoms with Gasteiger partial charge in [-0.05, 0) is 82.7 Å². The number of nitrogens with one attached hydrogen (secondary N) is 1. The van der Waals surface area contributed by atoms with Crippen LogP contribution in [0.15, 0.2) is 12.1 Å². The highest BCUT2D eigenvalue weighted by molar-refractivity contribution is 5.93. The van der Waals surface area contributed by atoms with E-state index in [9.17, 15) is 18.0 Å². The van der Waals surface area contributed by atoms with Gasteiger partial charge in [0.2, 0.25) is 0 Å². The molecule has 1 atom stereocenters. The SMILES string of the molecule is CNC(=O)c1nn2c(c1C)CN(c1nc(OCC34CCCN3CCC4)nc3c1COC(c1cc(N)cc(C#CC4CC4)c1C(F)(F)F)C3)CCC2. The third-order valence-corrected chi connectivity index (χ3v) is 11.1. The number of fused-ring (bicyclic) bond motifs is 3. The Labute approximate surface area is 295 Å². The highest BCUT2D eigenvalue weighted by Crippen LogP contribution is 2.44. The minimum atomic E-state index is -4.67. The van der Waals surface area contributed by atoms with Crippen LogP contribution in [0.3, 0.4) is 0 Å². The Morgan fingerprint density at radius 1 is 1.14 bits per heavy atom. The van der Waals surface area contributed by atoms with E-state index in [-0.39, 0.29) is 53.2 Å². The Hall–Kier alpha value is -4.35. The van der Waals surface area contributed by atoms with Crippen LogP contribution in [0.25, 0.3) is 0 Å². The minimum Gasteiger partial charge on any atom is -0.461 e. The standard InChI is InChI=1S/C37H43F3N8O3/c1-22-29-19-46(12-5-15-48(29)45-32(22)34(49)42-2)33-27-20-50-30(26-17-25(41)16-24(9-8-23-6-7-23)31(26)37(38,39)40)18-28(27)43-35(44-33)51-21-36-10-3-13-47(36)14-4-11-36/h16-17,23,30H,3-7,10-15,18-21,41H2,1-2H3,(H,42,49). The lowest BCUT2D eigenvalue weighted by molar-refractivity contribution is -0.140. The predicted molar refractivity (Wildman–Crippen MR) is 183 cm³/mol. The molecule has 0 spiro atoms. The van der Waals surface area contributed by atoms with Crippen molar-refractivity contribution >= 4 is 17.4 Å². The van der Waals surface area contributed by atoms with Crippen LogP contribution >= 0.6 is 0 Å². The molecule has 6 heterocycles. The Balaban J connectivity index is 1.17. The molecule has 4 aliphatic heterocycles. The molecule has 51 heavy (non-hydrogen) atoms. The summed E-state index contributed by atoms with van der Waals surface area (Å²) in [5, 5.41) is 7.28. The molecule has 2 aromatic heterocycles. The van der Waals surface area contributed by atoms with Gasteiger partial charge in [0.1, 0.15) is 12.4 Å². The maximum absolute atomic E-state index is 14.8. The molecule has 0 bridgehead atoms. The second-order valence-corrected chi connectivity index (χ2v) is 14.5. The van der Waals surface area contributed by atoms with Crippen LogP contribution < -0.4 is 20.7 Å². The number of carbonyl (C=O) groups excluding carboxylic acids is 1. The van der Waals surface area contributed by atoms with E-state index < -0.39 is 17.8 Å². The number of rotatable bonds is 6. The van der Waals surface area contributed by atoms with E-state index >= 15 is 0 Å². The first-order chi connectivity index (χ1) is 24.5. The van der Waals surface area contributed by atoms with Gasteiger partial charge < -0.3 is 25.4 Å². The summed E-state index contributed by atoms with van der Waals surface area (Å²) in [6.07, 6.45) is 1.30. The molecule has 1 amide bonds. The van der Waals surface area contributed by atoms with Crippen LogP contribution in [0.2, 0.25) is 0 Å². The largest absolute Gasteiger partial charge is 0.461 e. The monoisotopic (exact) mass is 704 g/mol. The summed E-state index contributed by atoms with van der Waals surface area (Å²) in [6, 6.07) is 2.87. The van der Waals surface area contributed by atoms with Crippen molar-refractivity contribution in [1.29, 1.82) is 0 Å². The minimum absolute atomic E-state index is 0.000740. The number of nitrogens with zero attached hydrogens (tertiary/aromatic N) is 6. The van der Waals surface area contributed by atoms with Gasteiger partial charge in [0.25, 0.3) is 5.91 Å². The average molecular weight is 705 g/mol. The van der Waals surface area contributed by atoms with E-state index in [1.807, 2.05) is 11.6 Å². The molecule has 3 aromatic rings. The molecule has 1 saturated carbocycles. The van der Waals surface area contributed by atoms with E-state index in [2.05, 4.69) is 32.1 Å². The van der Waals surface area contributed by atoms with E-state index in [1.165, 1.54) is 12.1 Å². The van der Waals surface area contributed by atoms with Gasteiger partial charge in [-0.3, -0.25) is 14.4 Å². The number of carbonyl (C=O) groups is 1. The van der Waals surface area contributed by atoms with Crippen molar-refractivity contribution in [2.24, 2.45) is 5.92 Å². The van der Waals surface area contributed by atoms with Gasteiger partial charge in [-0.1, -0.05) is 11.8 Å². The second-order valence-electron chi connectivity index (χ2n) is 14.5. The van der Waals surface area contributed by atoms with Crippen LogP contribution in [0.5, 0.6) is 6.01 Å². The number of anilines is 2. The zero-order valence-electron chi connectivity index (χ0n) is 29.0. The first-order valence-corrected chi connectivity index (χ1v) is 18.0. The summed E-state index contributed by atoms with van der Waals surface area (Å²) < 4.78 is 58.9. The van der Waals surface area contributed by atoms with Crippen LogP contribution in [-0.4, -0.2) is 69.4 Å². The second kappa shape index (κ2) is 13.0. The summed E-state index contributed by atoms with van der Waals surface area (Å²) >= 11 is 0. The van der Waals surface area contributed by atoms with Crippen molar-refractivity contribution < 1.29 is 27.4 Å². The number of halogens is 3. The molecular weight excluding hydrogens is 661 g/mol. The number of aromatic nitrogens is 4. The van der Waals surface area contributed by atoms with Gasteiger partial charge >= 0.3 is 12.2 Å². The molecule has 1 aliphatic carbocycles. The van der Waals surface area contributed by atoms with E-state index in [0.29, 0.717) is 49.0 Å². The number of ether oxygens (including phenoxy) is 2. The molecule has 1 aromatic carbocycles. The lowest BCUT2D eigenvalue weighted by Crippen LogP contribution is -2.43. The van der Waals surface area contributed by atoms with Crippen LogP contribution in [-0.2, 0) is 37.0 Å². The predicted octanol–water partition coefficient (Wildman–Crippen LogP) is 4.94. The Bertz CT molecular complexity index is 1920. The highest BCUT2D eigenvalue weighted by Gasteiger charge is 2.45. The van der Waals surface area contributed by atoms with Crippen molar-refractivity contribution in [2.45, 2.75) is 95.8 Å². The fraction of sp³-hybridized carbons (Fsp3) is 0.568. The zero-order chi connectivity index (χ0) is 35.5. The molecule has 14 heteroatoms. The van der Waals surface area contributed by atoms with Crippen molar-refractivity contribution in [3.63, 3.8) is 0 Å². The molecule has 5 aliphatic rings. The molecule has 3 N–H and O–H groups in total. The summed E-state index contributed by atoms with van der Waals surface area (Å²) in [5.74, 6) is 6.25. The normalized spacial score (nSPS) is 21.3. The number of nitrogens with two attached hydrogens (primary N) is 1. The zero-order valence-corrected chi connectivity index (χ0v) is 29.0. The van der Waals surface area contributed by atoms with Gasteiger partial charge in [-0.2, -0.15) is 28.2 Å². The highest BCUT2D eigenvalue weighted by atomic mass is 19.4. The fourth-order valence-corrected chi connectivity index (χ4v) is 8.34. The average Bonchev–Trinajstić information content (AvgIpc) is 3.69. The van der Waals surface area contributed by atoms with Gasteiger partial charge in [-0.25, -0.2) is 0 Å². The quantitative estimate of drug-likeness (QED) is 0.272. The number of hydrogen-bond donors (Lipinski definition) is 2. The number of hydrogen-bond acceptors (Lipinski definition) is 9. The third kappa shape index (κ3) is 6.39. The molecule has 11 nitrogen and oxygen atoms in total. The number of benzene rings is 1. The summed E-state index contributed by atoms with van der Waals surface area (Å²) in [5.41, 5.74) is 8.74. The molecule has 2 saturated heterocycles. The summed E-state index contributed by atoms with van der Waals surface area (Å²) in [6.45, 7) is 6.13. The van der Waals surface area contributed by atoms with Crippen molar-refractivity contribution in [3.8, 4) is 17.9 Å². The Kier molecular flexibility index (Phi) is 8.61. The van der Waals surface area contributed by atoms with Gasteiger partial charge in [0, 0.05) is 54.9 Å². The maximum atomic E-state index is 14.8. The summed E-state index contributed by atoms with van der Waals surface area (Å²) in [7, 11) is 1.58. The smallest absolute Gasteiger partial charge is 0.417 e. The van der Waals surface area contributed by atoms with Gasteiger partial charge in [0.15, 0.2) is 5.69 Å². The van der Waals surface area contributed by atoms with Crippen LogP contribution in [0.4, 0.5) is 24.7 Å². The number of alkyl halides is 3. The molecule has 8 rings (SSSR count). The Morgan fingerprint density at radius 2 is 1.92 bits per heavy atom. The molecule has 0 radical (unpaired) electrons. The van der Waals surface area contributed by atoms with Gasteiger partial charge in [0.05, 0.1) is 41.7 Å². The van der Waals surface area contributed by atoms with Crippen LogP contribution in [0, 0.1) is 24.7 Å². The maximum Gasteiger partial charge on any atom is 0.417 e. The van der Waals surface area contributed by atoms with Gasteiger partial charge in [-0.15, -0.1) is 0 Å². The third-order valence-electron chi connectivity index (χ3n) is 11.1. The lowest BCUT2D eigenvalue weighted by atomic mass is 9.91.